The van der Waals surface area contributed by atoms with Gasteiger partial charge in [0, 0.05) is 6.04 Å². The lowest BCUT2D eigenvalue weighted by atomic mass is 9.89. The maximum Gasteiger partial charge on any atom is 0.00389 e. The molecule has 2 unspecified atom stereocenters. The predicted molar refractivity (Wildman–Crippen MR) is 85.8 cm³/mol. The molecule has 0 spiro atoms. The number of nitrogens with one attached hydrogen (secondary N) is 1. The van der Waals surface area contributed by atoms with Crippen LogP contribution in [0.5, 0.6) is 0 Å². The highest BCUT2D eigenvalue weighted by Crippen LogP contribution is 2.22. The van der Waals surface area contributed by atoms with Crippen molar-refractivity contribution >= 4 is 0 Å². The van der Waals surface area contributed by atoms with Crippen molar-refractivity contribution in [3.8, 4) is 11.1 Å². The summed E-state index contributed by atoms with van der Waals surface area (Å²) < 4.78 is 0. The third-order valence-corrected chi connectivity index (χ3v) is 4.35. The summed E-state index contributed by atoms with van der Waals surface area (Å²) in [5, 5.41) is 3.59. The molecule has 0 aliphatic carbocycles. The third kappa shape index (κ3) is 3.29. The lowest BCUT2D eigenvalue weighted by Crippen LogP contribution is -2.37. The lowest BCUT2D eigenvalue weighted by molar-refractivity contribution is 0.322. The second-order valence-electron chi connectivity index (χ2n) is 6.02. The van der Waals surface area contributed by atoms with Gasteiger partial charge in [0.2, 0.25) is 0 Å². The van der Waals surface area contributed by atoms with Crippen LogP contribution in [0.3, 0.4) is 0 Å². The SMILES string of the molecule is CC1CCC(Cc2ccc(-c3ccccc3)cc2)CN1. The fourth-order valence-electron chi connectivity index (χ4n) is 3.03. The maximum atomic E-state index is 3.59. The van der Waals surface area contributed by atoms with E-state index in [0.29, 0.717) is 6.04 Å². The summed E-state index contributed by atoms with van der Waals surface area (Å²) in [5.74, 6) is 0.800. The van der Waals surface area contributed by atoms with E-state index in [4.69, 9.17) is 0 Å². The minimum atomic E-state index is 0.701. The molecule has 0 amide bonds. The first-order chi connectivity index (χ1) is 9.81. The predicted octanol–water partition coefficient (Wildman–Crippen LogP) is 4.28. The van der Waals surface area contributed by atoms with Crippen LogP contribution in [-0.2, 0) is 6.42 Å². The molecule has 0 bridgehead atoms. The van der Waals surface area contributed by atoms with Crippen molar-refractivity contribution in [3.05, 3.63) is 60.2 Å². The third-order valence-electron chi connectivity index (χ3n) is 4.35. The largest absolute Gasteiger partial charge is 0.314 e. The van der Waals surface area contributed by atoms with Gasteiger partial charge in [-0.1, -0.05) is 54.6 Å². The van der Waals surface area contributed by atoms with Crippen molar-refractivity contribution < 1.29 is 0 Å². The molecule has 2 aromatic rings. The van der Waals surface area contributed by atoms with E-state index in [1.807, 2.05) is 0 Å². The second kappa shape index (κ2) is 6.23. The van der Waals surface area contributed by atoms with Crippen LogP contribution in [0.15, 0.2) is 54.6 Å². The molecule has 1 N–H and O–H groups in total. The van der Waals surface area contributed by atoms with Crippen molar-refractivity contribution in [2.24, 2.45) is 5.92 Å². The monoisotopic (exact) mass is 265 g/mol. The average Bonchev–Trinajstić information content (AvgIpc) is 2.51. The van der Waals surface area contributed by atoms with Gasteiger partial charge in [0.15, 0.2) is 0 Å². The molecule has 1 nitrogen and oxygen atoms in total. The average molecular weight is 265 g/mol. The highest BCUT2D eigenvalue weighted by molar-refractivity contribution is 5.63. The highest BCUT2D eigenvalue weighted by atomic mass is 14.9. The molecule has 0 saturated carbocycles. The normalized spacial score (nSPS) is 22.6. The van der Waals surface area contributed by atoms with E-state index in [1.165, 1.54) is 42.5 Å². The molecular weight excluding hydrogens is 242 g/mol. The van der Waals surface area contributed by atoms with Crippen LogP contribution in [0.4, 0.5) is 0 Å². The summed E-state index contributed by atoms with van der Waals surface area (Å²) in [5.41, 5.74) is 4.07. The Hall–Kier alpha value is -1.60. The van der Waals surface area contributed by atoms with Crippen LogP contribution in [0.1, 0.15) is 25.3 Å². The molecular formula is C19H23N. The summed E-state index contributed by atoms with van der Waals surface area (Å²) >= 11 is 0. The van der Waals surface area contributed by atoms with Gasteiger partial charge in [0.25, 0.3) is 0 Å². The zero-order chi connectivity index (χ0) is 13.8. The van der Waals surface area contributed by atoms with Gasteiger partial charge >= 0.3 is 0 Å². The summed E-state index contributed by atoms with van der Waals surface area (Å²) in [7, 11) is 0. The van der Waals surface area contributed by atoms with Gasteiger partial charge in [-0.25, -0.2) is 0 Å². The molecule has 2 aromatic carbocycles. The Kier molecular flexibility index (Phi) is 4.17. The quantitative estimate of drug-likeness (QED) is 0.873. The Labute approximate surface area is 122 Å². The van der Waals surface area contributed by atoms with Crippen molar-refractivity contribution in [2.45, 2.75) is 32.2 Å². The van der Waals surface area contributed by atoms with Crippen LogP contribution in [0, 0.1) is 5.92 Å². The topological polar surface area (TPSA) is 12.0 Å². The van der Waals surface area contributed by atoms with Crippen molar-refractivity contribution in [3.63, 3.8) is 0 Å². The van der Waals surface area contributed by atoms with Crippen LogP contribution in [0.25, 0.3) is 11.1 Å². The van der Waals surface area contributed by atoms with Gasteiger partial charge in [-0.15, -0.1) is 0 Å². The molecule has 1 aliphatic heterocycles. The molecule has 1 saturated heterocycles. The number of piperidine rings is 1. The zero-order valence-corrected chi connectivity index (χ0v) is 12.2. The molecule has 0 aromatic heterocycles. The fraction of sp³-hybridized carbons (Fsp3) is 0.368. The first-order valence-electron chi connectivity index (χ1n) is 7.69. The van der Waals surface area contributed by atoms with Crippen molar-refractivity contribution in [2.75, 3.05) is 6.54 Å². The molecule has 1 aliphatic rings. The molecule has 20 heavy (non-hydrogen) atoms. The van der Waals surface area contributed by atoms with Gasteiger partial charge in [0.1, 0.15) is 0 Å². The van der Waals surface area contributed by atoms with Gasteiger partial charge in [0.05, 0.1) is 0 Å². The van der Waals surface area contributed by atoms with E-state index >= 15 is 0 Å². The van der Waals surface area contributed by atoms with E-state index in [1.54, 1.807) is 0 Å². The van der Waals surface area contributed by atoms with Crippen molar-refractivity contribution in [1.29, 1.82) is 0 Å². The molecule has 3 rings (SSSR count). The molecule has 1 fully saturated rings. The standard InChI is InChI=1S/C19H23N/c1-15-7-8-17(14-20-15)13-16-9-11-19(12-10-16)18-5-3-2-4-6-18/h2-6,9-12,15,17,20H,7-8,13-14H2,1H3. The van der Waals surface area contributed by atoms with Gasteiger partial charge in [-0.05, 0) is 55.3 Å². The summed E-state index contributed by atoms with van der Waals surface area (Å²) in [6.45, 7) is 3.45. The number of hydrogen-bond donors (Lipinski definition) is 1. The lowest BCUT2D eigenvalue weighted by Gasteiger charge is -2.27. The smallest absolute Gasteiger partial charge is 0.00389 e. The van der Waals surface area contributed by atoms with Gasteiger partial charge in [-0.2, -0.15) is 0 Å². The van der Waals surface area contributed by atoms with E-state index in [-0.39, 0.29) is 0 Å². The second-order valence-corrected chi connectivity index (χ2v) is 6.02. The summed E-state index contributed by atoms with van der Waals surface area (Å²) in [6.07, 6.45) is 3.87. The Balaban J connectivity index is 1.65. The highest BCUT2D eigenvalue weighted by Gasteiger charge is 2.17. The number of hydrogen-bond acceptors (Lipinski definition) is 1. The zero-order valence-electron chi connectivity index (χ0n) is 12.2. The first kappa shape index (κ1) is 13.4. The molecule has 1 heterocycles. The van der Waals surface area contributed by atoms with Crippen LogP contribution in [0.2, 0.25) is 0 Å². The fourth-order valence-corrected chi connectivity index (χ4v) is 3.03. The summed E-state index contributed by atoms with van der Waals surface area (Å²) in [6, 6.07) is 20.4. The molecule has 0 radical (unpaired) electrons. The van der Waals surface area contributed by atoms with Gasteiger partial charge < -0.3 is 5.32 Å². The Morgan fingerprint density at radius 1 is 0.900 bits per heavy atom. The first-order valence-corrected chi connectivity index (χ1v) is 7.69. The summed E-state index contributed by atoms with van der Waals surface area (Å²) in [4.78, 5) is 0. The Bertz CT molecular complexity index is 521. The minimum Gasteiger partial charge on any atom is -0.314 e. The van der Waals surface area contributed by atoms with Gasteiger partial charge in [-0.3, -0.25) is 0 Å². The van der Waals surface area contributed by atoms with E-state index in [2.05, 4.69) is 66.8 Å². The van der Waals surface area contributed by atoms with E-state index in [9.17, 15) is 0 Å². The maximum absolute atomic E-state index is 3.59. The molecule has 2 atom stereocenters. The Morgan fingerprint density at radius 3 is 2.25 bits per heavy atom. The van der Waals surface area contributed by atoms with E-state index in [0.717, 1.165) is 5.92 Å². The van der Waals surface area contributed by atoms with Crippen LogP contribution in [-0.4, -0.2) is 12.6 Å². The number of rotatable bonds is 3. The van der Waals surface area contributed by atoms with Crippen molar-refractivity contribution in [1.82, 2.24) is 5.32 Å². The van der Waals surface area contributed by atoms with E-state index < -0.39 is 0 Å². The van der Waals surface area contributed by atoms with Crippen LogP contribution >= 0.6 is 0 Å². The molecule has 104 valence electrons. The number of benzene rings is 2. The van der Waals surface area contributed by atoms with Crippen LogP contribution < -0.4 is 5.32 Å². The Morgan fingerprint density at radius 2 is 1.60 bits per heavy atom. The minimum absolute atomic E-state index is 0.701. The molecule has 1 heteroatoms.